The van der Waals surface area contributed by atoms with Crippen molar-refractivity contribution in [2.45, 2.75) is 26.7 Å². The number of fused-ring (bicyclic) bond motifs is 1. The molecule has 0 unspecified atom stereocenters. The lowest BCUT2D eigenvalue weighted by Gasteiger charge is -2.12. The van der Waals surface area contributed by atoms with Crippen LogP contribution < -0.4 is 20.7 Å². The number of anilines is 3. The predicted molar refractivity (Wildman–Crippen MR) is 151 cm³/mol. The molecule has 5 aromatic rings. The molecule has 0 saturated heterocycles. The second-order valence-corrected chi connectivity index (χ2v) is 9.31. The minimum Gasteiger partial charge on any atom is -0.457 e. The summed E-state index contributed by atoms with van der Waals surface area (Å²) in [6.45, 7) is 5.38. The fraction of sp³-hybridized carbons (Fsp3) is 0.138. The van der Waals surface area contributed by atoms with Gasteiger partial charge >= 0.3 is 6.03 Å². The van der Waals surface area contributed by atoms with E-state index < -0.39 is 11.8 Å². The van der Waals surface area contributed by atoms with Gasteiger partial charge in [0.05, 0.1) is 17.1 Å². The van der Waals surface area contributed by atoms with Crippen LogP contribution in [-0.2, 0) is 4.79 Å². The fourth-order valence-corrected chi connectivity index (χ4v) is 3.96. The Hall–Kier alpha value is -5.32. The molecule has 202 valence electrons. The van der Waals surface area contributed by atoms with Crippen LogP contribution in [0.3, 0.4) is 0 Å². The molecule has 0 fully saturated rings. The Kier molecular flexibility index (Phi) is 7.36. The van der Waals surface area contributed by atoms with E-state index in [4.69, 9.17) is 4.74 Å². The first-order chi connectivity index (χ1) is 19.2. The number of benzene rings is 2. The maximum atomic E-state index is 14.9. The third-order valence-corrected chi connectivity index (χ3v) is 5.89. The molecular weight excluding hydrogens is 513 g/mol. The summed E-state index contributed by atoms with van der Waals surface area (Å²) < 4.78 is 22.2. The van der Waals surface area contributed by atoms with E-state index in [0.29, 0.717) is 17.4 Å². The zero-order valence-corrected chi connectivity index (χ0v) is 22.0. The van der Waals surface area contributed by atoms with Crippen molar-refractivity contribution in [1.82, 2.24) is 19.7 Å². The minimum absolute atomic E-state index is 0.0353. The zero-order chi connectivity index (χ0) is 28.2. The van der Waals surface area contributed by atoms with Crippen molar-refractivity contribution < 1.29 is 18.7 Å². The molecule has 0 atom stereocenters. The molecule has 11 heteroatoms. The number of nitrogens with zero attached hydrogens (tertiary/aromatic N) is 4. The molecule has 10 nitrogen and oxygen atoms in total. The van der Waals surface area contributed by atoms with Gasteiger partial charge in [0.15, 0.2) is 0 Å². The predicted octanol–water partition coefficient (Wildman–Crippen LogP) is 6.47. The van der Waals surface area contributed by atoms with Crippen molar-refractivity contribution in [1.29, 1.82) is 0 Å². The van der Waals surface area contributed by atoms with E-state index in [1.807, 2.05) is 38.1 Å². The second-order valence-electron chi connectivity index (χ2n) is 9.31. The molecule has 0 radical (unpaired) electrons. The molecule has 3 heterocycles. The van der Waals surface area contributed by atoms with E-state index >= 15 is 0 Å². The van der Waals surface area contributed by atoms with Gasteiger partial charge in [-0.1, -0.05) is 19.9 Å². The molecule has 0 aliphatic rings. The summed E-state index contributed by atoms with van der Waals surface area (Å²) in [6, 6.07) is 16.0. The molecule has 3 aromatic heterocycles. The van der Waals surface area contributed by atoms with Crippen molar-refractivity contribution >= 4 is 40.0 Å². The van der Waals surface area contributed by atoms with Crippen molar-refractivity contribution in [3.8, 4) is 17.2 Å². The maximum absolute atomic E-state index is 14.9. The van der Waals surface area contributed by atoms with Gasteiger partial charge in [0.1, 0.15) is 29.0 Å². The van der Waals surface area contributed by atoms with Crippen LogP contribution in [-0.4, -0.2) is 31.7 Å². The van der Waals surface area contributed by atoms with E-state index in [1.54, 1.807) is 29.2 Å². The van der Waals surface area contributed by atoms with Gasteiger partial charge in [-0.15, -0.1) is 0 Å². The number of carbonyl (C=O) groups excluding carboxylic acids is 2. The highest BCUT2D eigenvalue weighted by Crippen LogP contribution is 2.28. The lowest BCUT2D eigenvalue weighted by molar-refractivity contribution is -0.114. The van der Waals surface area contributed by atoms with Gasteiger partial charge in [-0.3, -0.25) is 15.1 Å². The monoisotopic (exact) mass is 539 g/mol. The quantitative estimate of drug-likeness (QED) is 0.218. The van der Waals surface area contributed by atoms with Crippen LogP contribution in [0.2, 0.25) is 0 Å². The number of ether oxygens (including phenoxy) is 1. The highest BCUT2D eigenvalue weighted by atomic mass is 19.1. The lowest BCUT2D eigenvalue weighted by atomic mass is 10.1. The molecule has 0 aliphatic carbocycles. The van der Waals surface area contributed by atoms with Gasteiger partial charge in [-0.25, -0.2) is 18.9 Å². The number of nitrogens with one attached hydrogen (secondary N) is 3. The van der Waals surface area contributed by atoms with Gasteiger partial charge in [0.25, 0.3) is 0 Å². The van der Waals surface area contributed by atoms with Crippen LogP contribution in [0.1, 0.15) is 32.4 Å². The van der Waals surface area contributed by atoms with E-state index in [2.05, 4.69) is 31.0 Å². The SMILES string of the molecule is CC(=O)Nc1cc(Oc2ccc(NC(=O)Nc3cc(C(C)C)nn3-c3ccc4cnccc4c3)c(F)c2)ccn1. The van der Waals surface area contributed by atoms with Crippen LogP contribution in [0.5, 0.6) is 11.5 Å². The molecule has 3 amide bonds. The van der Waals surface area contributed by atoms with E-state index in [9.17, 15) is 14.0 Å². The van der Waals surface area contributed by atoms with Gasteiger partial charge < -0.3 is 15.4 Å². The molecule has 5 rings (SSSR count). The number of hydrogen-bond donors (Lipinski definition) is 3. The third-order valence-electron chi connectivity index (χ3n) is 5.89. The van der Waals surface area contributed by atoms with E-state index in [1.165, 1.54) is 31.3 Å². The Labute approximate surface area is 229 Å². The van der Waals surface area contributed by atoms with Gasteiger partial charge in [0.2, 0.25) is 5.91 Å². The largest absolute Gasteiger partial charge is 0.457 e. The Bertz CT molecular complexity index is 1720. The summed E-state index contributed by atoms with van der Waals surface area (Å²) in [5.74, 6) is 0.453. The lowest BCUT2D eigenvalue weighted by Crippen LogP contribution is -2.22. The Morgan fingerprint density at radius 3 is 2.50 bits per heavy atom. The minimum atomic E-state index is -0.691. The standard InChI is InChI=1S/C29H26FN7O3/c1-17(2)26-15-28(37(36-26)21-5-4-20-16-31-10-8-19(20)12-21)35-29(39)34-25-7-6-22(13-24(25)30)40-23-9-11-32-27(14-23)33-18(3)38/h4-17H,1-3H3,(H,32,33,38)(H2,34,35,39). The second kappa shape index (κ2) is 11.2. The van der Waals surface area contributed by atoms with Gasteiger partial charge in [-0.05, 0) is 47.7 Å². The molecule has 40 heavy (non-hydrogen) atoms. The Morgan fingerprint density at radius 2 is 1.73 bits per heavy atom. The summed E-state index contributed by atoms with van der Waals surface area (Å²) in [5, 5.41) is 14.5. The number of halogens is 1. The van der Waals surface area contributed by atoms with Crippen LogP contribution in [0.25, 0.3) is 16.5 Å². The van der Waals surface area contributed by atoms with Crippen LogP contribution in [0.4, 0.5) is 26.5 Å². The van der Waals surface area contributed by atoms with Crippen molar-refractivity contribution in [3.63, 3.8) is 0 Å². The first-order valence-corrected chi connectivity index (χ1v) is 12.5. The molecule has 0 bridgehead atoms. The van der Waals surface area contributed by atoms with Gasteiger partial charge in [-0.2, -0.15) is 5.10 Å². The number of aromatic nitrogens is 4. The van der Waals surface area contributed by atoms with E-state index in [-0.39, 0.29) is 23.3 Å². The number of carbonyl (C=O) groups is 2. The highest BCUT2D eigenvalue weighted by Gasteiger charge is 2.16. The van der Waals surface area contributed by atoms with Gasteiger partial charge in [0, 0.05) is 49.1 Å². The molecule has 0 saturated carbocycles. The summed E-state index contributed by atoms with van der Waals surface area (Å²) >= 11 is 0. The average molecular weight is 540 g/mol. The van der Waals surface area contributed by atoms with E-state index in [0.717, 1.165) is 28.2 Å². The average Bonchev–Trinajstić information content (AvgIpc) is 3.34. The maximum Gasteiger partial charge on any atom is 0.324 e. The molecule has 3 N–H and O–H groups in total. The Balaban J connectivity index is 1.32. The topological polar surface area (TPSA) is 123 Å². The number of pyridine rings is 2. The highest BCUT2D eigenvalue weighted by molar-refractivity contribution is 5.99. The first-order valence-electron chi connectivity index (χ1n) is 12.5. The van der Waals surface area contributed by atoms with Crippen LogP contribution in [0, 0.1) is 5.82 Å². The number of urea groups is 1. The molecule has 0 spiro atoms. The molecule has 2 aromatic carbocycles. The fourth-order valence-electron chi connectivity index (χ4n) is 3.96. The summed E-state index contributed by atoms with van der Waals surface area (Å²) in [7, 11) is 0. The van der Waals surface area contributed by atoms with Crippen molar-refractivity contribution in [3.05, 3.63) is 90.8 Å². The van der Waals surface area contributed by atoms with Crippen molar-refractivity contribution in [2.75, 3.05) is 16.0 Å². The Morgan fingerprint density at radius 1 is 0.900 bits per heavy atom. The number of hydrogen-bond acceptors (Lipinski definition) is 6. The molecule has 0 aliphatic heterocycles. The number of amides is 3. The van der Waals surface area contributed by atoms with Crippen LogP contribution in [0.15, 0.2) is 79.3 Å². The first kappa shape index (κ1) is 26.3. The summed E-state index contributed by atoms with van der Waals surface area (Å²) in [4.78, 5) is 32.3. The smallest absolute Gasteiger partial charge is 0.324 e. The summed E-state index contributed by atoms with van der Waals surface area (Å²) in [5.41, 5.74) is 1.51. The number of rotatable bonds is 7. The van der Waals surface area contributed by atoms with Crippen molar-refractivity contribution in [2.24, 2.45) is 0 Å². The summed E-state index contributed by atoms with van der Waals surface area (Å²) in [6.07, 6.45) is 4.95. The third kappa shape index (κ3) is 6.04. The normalized spacial score (nSPS) is 10.9. The zero-order valence-electron chi connectivity index (χ0n) is 22.0. The molecular formula is C29H26FN7O3. The van der Waals surface area contributed by atoms with Crippen LogP contribution >= 0.6 is 0 Å².